The molecule has 1 amide bonds. The quantitative estimate of drug-likeness (QED) is 0.592. The fourth-order valence-corrected chi connectivity index (χ4v) is 2.66. The zero-order chi connectivity index (χ0) is 15.8. The van der Waals surface area contributed by atoms with Crippen LogP contribution in [0.15, 0.2) is 24.3 Å². The first kappa shape index (κ1) is 16.7. The number of aromatic nitrogens is 2. The lowest BCUT2D eigenvalue weighted by atomic mass is 10.2. The van der Waals surface area contributed by atoms with Crippen molar-refractivity contribution in [1.29, 1.82) is 0 Å². The van der Waals surface area contributed by atoms with E-state index in [4.69, 9.17) is 16.3 Å². The van der Waals surface area contributed by atoms with Gasteiger partial charge in [-0.15, -0.1) is 21.8 Å². The lowest BCUT2D eigenvalue weighted by Gasteiger charge is -2.05. The smallest absolute Gasteiger partial charge is 0.241 e. The van der Waals surface area contributed by atoms with Crippen molar-refractivity contribution in [2.24, 2.45) is 0 Å². The molecule has 0 atom stereocenters. The number of carbonyl (C=O) groups is 1. The largest absolute Gasteiger partial charge is 0.494 e. The standard InChI is InChI=1S/C15H18ClN3O2S/c1-2-11-5-7-12(8-6-11)21-9-3-4-14-18-19-15(22-14)17-13(20)10-16/h5-8H,2-4,9-10H2,1H3,(H,17,19,20). The molecule has 1 heterocycles. The van der Waals surface area contributed by atoms with Gasteiger partial charge in [-0.1, -0.05) is 30.4 Å². The molecule has 1 aromatic heterocycles. The molecule has 7 heteroatoms. The zero-order valence-corrected chi connectivity index (χ0v) is 13.9. The second-order valence-electron chi connectivity index (χ2n) is 4.63. The summed E-state index contributed by atoms with van der Waals surface area (Å²) in [5, 5.41) is 11.9. The monoisotopic (exact) mass is 339 g/mol. The van der Waals surface area contributed by atoms with E-state index < -0.39 is 0 Å². The summed E-state index contributed by atoms with van der Waals surface area (Å²) in [5.41, 5.74) is 1.30. The second kappa shape index (κ2) is 8.70. The van der Waals surface area contributed by atoms with E-state index in [0.29, 0.717) is 11.7 Å². The molecule has 0 saturated heterocycles. The van der Waals surface area contributed by atoms with E-state index in [1.54, 1.807) is 0 Å². The average Bonchev–Trinajstić information content (AvgIpc) is 2.99. The molecule has 0 aliphatic carbocycles. The van der Waals surface area contributed by atoms with E-state index in [-0.39, 0.29) is 11.8 Å². The molecule has 2 aromatic rings. The number of nitrogens with zero attached hydrogens (tertiary/aromatic N) is 2. The maximum absolute atomic E-state index is 11.1. The number of alkyl halides is 1. The van der Waals surface area contributed by atoms with Crippen LogP contribution in [-0.4, -0.2) is 28.6 Å². The van der Waals surface area contributed by atoms with Crippen LogP contribution in [0.1, 0.15) is 23.9 Å². The third-order valence-electron chi connectivity index (χ3n) is 2.97. The van der Waals surface area contributed by atoms with Gasteiger partial charge in [0.25, 0.3) is 0 Å². The molecule has 2 rings (SSSR count). The number of ether oxygens (including phenoxy) is 1. The molecular formula is C15H18ClN3O2S. The zero-order valence-electron chi connectivity index (χ0n) is 12.3. The van der Waals surface area contributed by atoms with E-state index in [1.165, 1.54) is 16.9 Å². The van der Waals surface area contributed by atoms with Gasteiger partial charge in [0.15, 0.2) is 0 Å². The minimum absolute atomic E-state index is 0.0838. The molecule has 0 radical (unpaired) electrons. The van der Waals surface area contributed by atoms with Crippen molar-refractivity contribution >= 4 is 34.0 Å². The Morgan fingerprint density at radius 2 is 2.09 bits per heavy atom. The van der Waals surface area contributed by atoms with E-state index in [9.17, 15) is 4.79 Å². The van der Waals surface area contributed by atoms with Crippen LogP contribution in [0, 0.1) is 0 Å². The van der Waals surface area contributed by atoms with Crippen molar-refractivity contribution in [3.8, 4) is 5.75 Å². The van der Waals surface area contributed by atoms with Crippen LogP contribution in [0.3, 0.4) is 0 Å². The number of anilines is 1. The van der Waals surface area contributed by atoms with Crippen molar-refractivity contribution in [3.05, 3.63) is 34.8 Å². The van der Waals surface area contributed by atoms with Crippen molar-refractivity contribution < 1.29 is 9.53 Å². The predicted molar refractivity (Wildman–Crippen MR) is 88.9 cm³/mol. The fraction of sp³-hybridized carbons (Fsp3) is 0.400. The van der Waals surface area contributed by atoms with Gasteiger partial charge in [-0.25, -0.2) is 0 Å². The Morgan fingerprint density at radius 1 is 1.32 bits per heavy atom. The van der Waals surface area contributed by atoms with Crippen molar-refractivity contribution in [2.75, 3.05) is 17.8 Å². The summed E-state index contributed by atoms with van der Waals surface area (Å²) in [5.74, 6) is 0.521. The van der Waals surface area contributed by atoms with Crippen LogP contribution in [0.4, 0.5) is 5.13 Å². The molecule has 1 aromatic carbocycles. The van der Waals surface area contributed by atoms with Crippen LogP contribution >= 0.6 is 22.9 Å². The number of amides is 1. The SMILES string of the molecule is CCc1ccc(OCCCc2nnc(NC(=O)CCl)s2)cc1. The van der Waals surface area contributed by atoms with Gasteiger partial charge in [-0.2, -0.15) is 0 Å². The predicted octanol–water partition coefficient (Wildman–Crippen LogP) is 3.29. The summed E-state index contributed by atoms with van der Waals surface area (Å²) in [6.45, 7) is 2.75. The molecule has 0 aliphatic heterocycles. The highest BCUT2D eigenvalue weighted by molar-refractivity contribution is 7.15. The molecule has 5 nitrogen and oxygen atoms in total. The van der Waals surface area contributed by atoms with Gasteiger partial charge in [0.05, 0.1) is 6.61 Å². The van der Waals surface area contributed by atoms with Gasteiger partial charge in [0.1, 0.15) is 16.6 Å². The molecule has 0 fully saturated rings. The van der Waals surface area contributed by atoms with Gasteiger partial charge < -0.3 is 4.74 Å². The maximum Gasteiger partial charge on any atom is 0.241 e. The number of nitrogens with one attached hydrogen (secondary N) is 1. The highest BCUT2D eigenvalue weighted by Gasteiger charge is 2.07. The van der Waals surface area contributed by atoms with Gasteiger partial charge in [-0.05, 0) is 30.5 Å². The number of aryl methyl sites for hydroxylation is 2. The van der Waals surface area contributed by atoms with E-state index >= 15 is 0 Å². The van der Waals surface area contributed by atoms with Crippen molar-refractivity contribution in [2.45, 2.75) is 26.2 Å². The molecule has 22 heavy (non-hydrogen) atoms. The highest BCUT2D eigenvalue weighted by Crippen LogP contribution is 2.17. The molecule has 1 N–H and O–H groups in total. The van der Waals surface area contributed by atoms with Crippen LogP contribution in [0.5, 0.6) is 5.75 Å². The van der Waals surface area contributed by atoms with Gasteiger partial charge in [0.2, 0.25) is 11.0 Å². The van der Waals surface area contributed by atoms with Crippen LogP contribution in [0.2, 0.25) is 0 Å². The fourth-order valence-electron chi connectivity index (χ4n) is 1.79. The van der Waals surface area contributed by atoms with Crippen LogP contribution in [-0.2, 0) is 17.6 Å². The van der Waals surface area contributed by atoms with Gasteiger partial charge in [0, 0.05) is 6.42 Å². The molecular weight excluding hydrogens is 322 g/mol. The highest BCUT2D eigenvalue weighted by atomic mass is 35.5. The lowest BCUT2D eigenvalue weighted by Crippen LogP contribution is -2.12. The summed E-state index contributed by atoms with van der Waals surface area (Å²) in [6.07, 6.45) is 2.63. The third-order valence-corrected chi connectivity index (χ3v) is 4.11. The van der Waals surface area contributed by atoms with Crippen LogP contribution in [0.25, 0.3) is 0 Å². The Morgan fingerprint density at radius 3 is 2.77 bits per heavy atom. The van der Waals surface area contributed by atoms with E-state index in [1.807, 2.05) is 12.1 Å². The van der Waals surface area contributed by atoms with E-state index in [2.05, 4.69) is 34.6 Å². The number of rotatable bonds is 8. The third kappa shape index (κ3) is 5.27. The van der Waals surface area contributed by atoms with Crippen LogP contribution < -0.4 is 10.1 Å². The number of carbonyl (C=O) groups excluding carboxylic acids is 1. The summed E-state index contributed by atoms with van der Waals surface area (Å²) >= 11 is 6.78. The molecule has 0 unspecified atom stereocenters. The normalized spacial score (nSPS) is 10.5. The number of hydrogen-bond donors (Lipinski definition) is 1. The summed E-state index contributed by atoms with van der Waals surface area (Å²) in [4.78, 5) is 11.1. The molecule has 0 saturated carbocycles. The Bertz CT molecular complexity index is 601. The molecule has 118 valence electrons. The van der Waals surface area contributed by atoms with Crippen molar-refractivity contribution in [3.63, 3.8) is 0 Å². The second-order valence-corrected chi connectivity index (χ2v) is 5.96. The first-order chi connectivity index (χ1) is 10.7. The van der Waals surface area contributed by atoms with E-state index in [0.717, 1.165) is 30.0 Å². The minimum Gasteiger partial charge on any atom is -0.494 e. The van der Waals surface area contributed by atoms with Gasteiger partial charge >= 0.3 is 0 Å². The summed E-state index contributed by atoms with van der Waals surface area (Å²) < 4.78 is 5.69. The molecule has 0 spiro atoms. The average molecular weight is 340 g/mol. The topological polar surface area (TPSA) is 64.1 Å². The molecule has 0 bridgehead atoms. The molecule has 0 aliphatic rings. The Kier molecular flexibility index (Phi) is 6.61. The Labute approximate surface area is 138 Å². The lowest BCUT2D eigenvalue weighted by molar-refractivity contribution is -0.113. The summed E-state index contributed by atoms with van der Waals surface area (Å²) in [7, 11) is 0. The minimum atomic E-state index is -0.275. The van der Waals surface area contributed by atoms with Crippen molar-refractivity contribution in [1.82, 2.24) is 10.2 Å². The first-order valence-electron chi connectivity index (χ1n) is 7.11. The number of halogens is 1. The van der Waals surface area contributed by atoms with Gasteiger partial charge in [-0.3, -0.25) is 10.1 Å². The first-order valence-corrected chi connectivity index (χ1v) is 8.46. The Balaban J connectivity index is 1.71. The number of hydrogen-bond acceptors (Lipinski definition) is 5. The number of benzene rings is 1. The summed E-state index contributed by atoms with van der Waals surface area (Å²) in [6, 6.07) is 8.13. The maximum atomic E-state index is 11.1. The Hall–Kier alpha value is -1.66.